The molecular weight excluding hydrogens is 279 g/mol. The van der Waals surface area contributed by atoms with Crippen molar-refractivity contribution in [2.24, 2.45) is 5.73 Å². The molecule has 20 heavy (non-hydrogen) atoms. The summed E-state index contributed by atoms with van der Waals surface area (Å²) in [7, 11) is 0. The van der Waals surface area contributed by atoms with E-state index in [9.17, 15) is 4.39 Å². The van der Waals surface area contributed by atoms with Crippen LogP contribution in [0.25, 0.3) is 0 Å². The highest BCUT2D eigenvalue weighted by Crippen LogP contribution is 2.28. The SMILES string of the molecule is CCOC1CCCN(C(CN)c2cc(Cl)ccc2F)C1. The molecule has 2 N–H and O–H groups in total. The Labute approximate surface area is 124 Å². The highest BCUT2D eigenvalue weighted by molar-refractivity contribution is 6.30. The van der Waals surface area contributed by atoms with Crippen LogP contribution in [0.1, 0.15) is 31.4 Å². The summed E-state index contributed by atoms with van der Waals surface area (Å²) in [6.45, 7) is 4.78. The minimum atomic E-state index is -0.247. The third-order valence-electron chi connectivity index (χ3n) is 3.79. The lowest BCUT2D eigenvalue weighted by Gasteiger charge is -2.38. The molecule has 1 aliphatic heterocycles. The van der Waals surface area contributed by atoms with Crippen molar-refractivity contribution in [3.05, 3.63) is 34.6 Å². The van der Waals surface area contributed by atoms with Crippen LogP contribution in [-0.2, 0) is 4.74 Å². The lowest BCUT2D eigenvalue weighted by Crippen LogP contribution is -2.44. The van der Waals surface area contributed by atoms with E-state index in [1.165, 1.54) is 6.07 Å². The Balaban J connectivity index is 2.16. The molecule has 2 atom stereocenters. The number of hydrogen-bond donors (Lipinski definition) is 1. The summed E-state index contributed by atoms with van der Waals surface area (Å²) < 4.78 is 19.7. The number of halogens is 2. The van der Waals surface area contributed by atoms with Crippen LogP contribution in [0.4, 0.5) is 4.39 Å². The van der Waals surface area contributed by atoms with Crippen LogP contribution in [0.3, 0.4) is 0 Å². The fourth-order valence-corrected chi connectivity index (χ4v) is 3.04. The lowest BCUT2D eigenvalue weighted by atomic mass is 10.00. The molecule has 1 aromatic rings. The minimum absolute atomic E-state index is 0.142. The van der Waals surface area contributed by atoms with Crippen LogP contribution in [0, 0.1) is 5.82 Å². The molecule has 1 heterocycles. The quantitative estimate of drug-likeness (QED) is 0.908. The van der Waals surface area contributed by atoms with E-state index < -0.39 is 0 Å². The zero-order valence-corrected chi connectivity index (χ0v) is 12.6. The Morgan fingerprint density at radius 1 is 1.55 bits per heavy atom. The molecule has 5 heteroatoms. The van der Waals surface area contributed by atoms with Gasteiger partial charge in [0.2, 0.25) is 0 Å². The molecule has 0 bridgehead atoms. The van der Waals surface area contributed by atoms with Crippen LogP contribution in [-0.4, -0.2) is 37.2 Å². The van der Waals surface area contributed by atoms with Gasteiger partial charge >= 0.3 is 0 Å². The van der Waals surface area contributed by atoms with Gasteiger partial charge in [-0.25, -0.2) is 4.39 Å². The number of piperidine rings is 1. The van der Waals surface area contributed by atoms with Gasteiger partial charge in [-0.2, -0.15) is 0 Å². The van der Waals surface area contributed by atoms with E-state index in [4.69, 9.17) is 22.1 Å². The van der Waals surface area contributed by atoms with Gasteiger partial charge in [-0.05, 0) is 44.5 Å². The summed E-state index contributed by atoms with van der Waals surface area (Å²) in [5, 5.41) is 0.540. The zero-order chi connectivity index (χ0) is 14.5. The highest BCUT2D eigenvalue weighted by atomic mass is 35.5. The topological polar surface area (TPSA) is 38.5 Å². The van der Waals surface area contributed by atoms with E-state index >= 15 is 0 Å². The zero-order valence-electron chi connectivity index (χ0n) is 11.8. The molecule has 1 fully saturated rings. The number of nitrogens with zero attached hydrogens (tertiary/aromatic N) is 1. The molecule has 3 nitrogen and oxygen atoms in total. The molecule has 0 saturated carbocycles. The summed E-state index contributed by atoms with van der Waals surface area (Å²) in [5.74, 6) is -0.247. The van der Waals surface area contributed by atoms with Gasteiger partial charge in [-0.15, -0.1) is 0 Å². The number of rotatable bonds is 5. The maximum Gasteiger partial charge on any atom is 0.128 e. The first-order valence-electron chi connectivity index (χ1n) is 7.16. The Bertz CT molecular complexity index is 442. The van der Waals surface area contributed by atoms with E-state index in [0.717, 1.165) is 25.9 Å². The van der Waals surface area contributed by atoms with E-state index in [-0.39, 0.29) is 18.0 Å². The van der Waals surface area contributed by atoms with Crippen LogP contribution in [0.2, 0.25) is 5.02 Å². The average molecular weight is 301 g/mol. The Hall–Kier alpha value is -0.680. The van der Waals surface area contributed by atoms with E-state index in [1.807, 2.05) is 6.92 Å². The van der Waals surface area contributed by atoms with Crippen LogP contribution in [0.5, 0.6) is 0 Å². The second-order valence-electron chi connectivity index (χ2n) is 5.13. The smallest absolute Gasteiger partial charge is 0.128 e. The van der Waals surface area contributed by atoms with Crippen LogP contribution < -0.4 is 5.73 Å². The van der Waals surface area contributed by atoms with Crippen LogP contribution >= 0.6 is 11.6 Å². The third-order valence-corrected chi connectivity index (χ3v) is 4.03. The second kappa shape index (κ2) is 7.36. The van der Waals surface area contributed by atoms with Gasteiger partial charge < -0.3 is 10.5 Å². The summed E-state index contributed by atoms with van der Waals surface area (Å²) in [6, 6.07) is 4.51. The Morgan fingerprint density at radius 3 is 3.05 bits per heavy atom. The summed E-state index contributed by atoms with van der Waals surface area (Å²) in [5.41, 5.74) is 6.46. The Kier molecular flexibility index (Phi) is 5.78. The second-order valence-corrected chi connectivity index (χ2v) is 5.57. The molecule has 0 radical (unpaired) electrons. The first-order valence-corrected chi connectivity index (χ1v) is 7.54. The average Bonchev–Trinajstić information content (AvgIpc) is 2.44. The van der Waals surface area contributed by atoms with Crippen molar-refractivity contribution in [2.45, 2.75) is 31.9 Å². The van der Waals surface area contributed by atoms with E-state index in [0.29, 0.717) is 23.7 Å². The van der Waals surface area contributed by atoms with Gasteiger partial charge in [0.15, 0.2) is 0 Å². The molecule has 0 amide bonds. The maximum absolute atomic E-state index is 14.0. The minimum Gasteiger partial charge on any atom is -0.377 e. The summed E-state index contributed by atoms with van der Waals surface area (Å²) in [4.78, 5) is 2.21. The van der Waals surface area contributed by atoms with Gasteiger partial charge in [0.05, 0.1) is 12.1 Å². The lowest BCUT2D eigenvalue weighted by molar-refractivity contribution is -0.00702. The first kappa shape index (κ1) is 15.7. The van der Waals surface area contributed by atoms with E-state index in [1.54, 1.807) is 12.1 Å². The Morgan fingerprint density at radius 2 is 2.35 bits per heavy atom. The van der Waals surface area contributed by atoms with Crippen molar-refractivity contribution < 1.29 is 9.13 Å². The predicted molar refractivity (Wildman–Crippen MR) is 79.4 cm³/mol. The normalized spacial score (nSPS) is 21.9. The molecule has 1 saturated heterocycles. The maximum atomic E-state index is 14.0. The summed E-state index contributed by atoms with van der Waals surface area (Å²) >= 11 is 5.98. The fourth-order valence-electron chi connectivity index (χ4n) is 2.86. The largest absolute Gasteiger partial charge is 0.377 e. The highest BCUT2D eigenvalue weighted by Gasteiger charge is 2.28. The predicted octanol–water partition coefficient (Wildman–Crippen LogP) is 2.98. The van der Waals surface area contributed by atoms with E-state index in [2.05, 4.69) is 4.90 Å². The molecule has 0 spiro atoms. The molecule has 1 aromatic carbocycles. The van der Waals surface area contributed by atoms with Crippen LogP contribution in [0.15, 0.2) is 18.2 Å². The van der Waals surface area contributed by atoms with Crippen molar-refractivity contribution in [1.29, 1.82) is 0 Å². The molecular formula is C15H22ClFN2O. The third kappa shape index (κ3) is 3.70. The molecule has 2 unspecified atom stereocenters. The number of likely N-dealkylation sites (tertiary alicyclic amines) is 1. The van der Waals surface area contributed by atoms with Gasteiger partial charge in [0, 0.05) is 30.3 Å². The number of hydrogen-bond acceptors (Lipinski definition) is 3. The summed E-state index contributed by atoms with van der Waals surface area (Å²) in [6.07, 6.45) is 2.31. The van der Waals surface area contributed by atoms with Crippen molar-refractivity contribution >= 4 is 11.6 Å². The standard InChI is InChI=1S/C15H22ClFN2O/c1-2-20-12-4-3-7-19(10-12)15(9-18)13-8-11(16)5-6-14(13)17/h5-6,8,12,15H,2-4,7,9-10,18H2,1H3. The van der Waals surface area contributed by atoms with Gasteiger partial charge in [0.1, 0.15) is 5.82 Å². The molecule has 1 aliphatic rings. The van der Waals surface area contributed by atoms with Gasteiger partial charge in [-0.3, -0.25) is 4.90 Å². The number of nitrogens with two attached hydrogens (primary N) is 1. The molecule has 112 valence electrons. The van der Waals surface area contributed by atoms with Gasteiger partial charge in [-0.1, -0.05) is 11.6 Å². The molecule has 0 aliphatic carbocycles. The first-order chi connectivity index (χ1) is 9.65. The monoisotopic (exact) mass is 300 g/mol. The van der Waals surface area contributed by atoms with Crippen molar-refractivity contribution in [3.8, 4) is 0 Å². The number of ether oxygens (including phenoxy) is 1. The van der Waals surface area contributed by atoms with Crippen molar-refractivity contribution in [3.63, 3.8) is 0 Å². The van der Waals surface area contributed by atoms with Crippen molar-refractivity contribution in [2.75, 3.05) is 26.2 Å². The molecule has 0 aromatic heterocycles. The fraction of sp³-hybridized carbons (Fsp3) is 0.600. The molecule has 2 rings (SSSR count). The van der Waals surface area contributed by atoms with Crippen molar-refractivity contribution in [1.82, 2.24) is 4.90 Å². The van der Waals surface area contributed by atoms with Gasteiger partial charge in [0.25, 0.3) is 0 Å². The number of benzene rings is 1.